The molecular formula is C11H13N5O2. The molecule has 94 valence electrons. The molecule has 0 radical (unpaired) electrons. The lowest BCUT2D eigenvalue weighted by Crippen LogP contribution is -2.14. The summed E-state index contributed by atoms with van der Waals surface area (Å²) in [5, 5.41) is 6.67. The molecular weight excluding hydrogens is 234 g/mol. The van der Waals surface area contributed by atoms with Gasteiger partial charge in [0.25, 0.3) is 5.91 Å². The van der Waals surface area contributed by atoms with E-state index < -0.39 is 5.91 Å². The molecule has 0 atom stereocenters. The minimum atomic E-state index is -0.565. The predicted octanol–water partition coefficient (Wildman–Crippen LogP) is 0.671. The van der Waals surface area contributed by atoms with Crippen LogP contribution in [0.4, 0.5) is 11.4 Å². The van der Waals surface area contributed by atoms with Gasteiger partial charge in [0.15, 0.2) is 5.82 Å². The van der Waals surface area contributed by atoms with Gasteiger partial charge in [-0.1, -0.05) is 11.2 Å². The number of para-hydroxylation sites is 1. The van der Waals surface area contributed by atoms with Crippen molar-refractivity contribution in [2.24, 2.45) is 5.73 Å². The zero-order valence-electron chi connectivity index (χ0n) is 9.80. The number of hydrogen-bond donors (Lipinski definition) is 3. The smallest absolute Gasteiger partial charge is 0.250 e. The molecule has 1 aromatic carbocycles. The zero-order valence-corrected chi connectivity index (χ0v) is 9.80. The highest BCUT2D eigenvalue weighted by Crippen LogP contribution is 2.22. The lowest BCUT2D eigenvalue weighted by atomic mass is 10.1. The molecule has 2 rings (SSSR count). The highest BCUT2D eigenvalue weighted by atomic mass is 16.5. The summed E-state index contributed by atoms with van der Waals surface area (Å²) in [5.74, 6) is 0.437. The molecule has 1 heterocycles. The van der Waals surface area contributed by atoms with Crippen LogP contribution in [0.3, 0.4) is 0 Å². The summed E-state index contributed by atoms with van der Waals surface area (Å²) >= 11 is 0. The van der Waals surface area contributed by atoms with Crippen molar-refractivity contribution in [2.45, 2.75) is 13.5 Å². The maximum atomic E-state index is 11.1. The molecule has 0 unspecified atom stereocenters. The number of amides is 1. The summed E-state index contributed by atoms with van der Waals surface area (Å²) in [6.45, 7) is 2.06. The van der Waals surface area contributed by atoms with Crippen LogP contribution in [-0.4, -0.2) is 16.0 Å². The summed E-state index contributed by atoms with van der Waals surface area (Å²) in [5.41, 5.74) is 12.2. The molecule has 2 aromatic rings. The first kappa shape index (κ1) is 11.9. The number of nitrogen functional groups attached to an aromatic ring is 1. The van der Waals surface area contributed by atoms with Gasteiger partial charge >= 0.3 is 0 Å². The Morgan fingerprint density at radius 3 is 2.89 bits per heavy atom. The summed E-state index contributed by atoms with van der Waals surface area (Å²) in [4.78, 5) is 15.2. The molecule has 0 saturated carbocycles. The molecule has 1 aromatic heterocycles. The van der Waals surface area contributed by atoms with Gasteiger partial charge in [-0.3, -0.25) is 4.79 Å². The van der Waals surface area contributed by atoms with Crippen LogP contribution in [0, 0.1) is 6.92 Å². The molecule has 18 heavy (non-hydrogen) atoms. The monoisotopic (exact) mass is 247 g/mol. The van der Waals surface area contributed by atoms with Crippen molar-refractivity contribution >= 4 is 17.3 Å². The van der Waals surface area contributed by atoms with Crippen LogP contribution in [0.5, 0.6) is 0 Å². The number of hydrogen-bond acceptors (Lipinski definition) is 6. The second-order valence-corrected chi connectivity index (χ2v) is 3.72. The zero-order chi connectivity index (χ0) is 13.1. The summed E-state index contributed by atoms with van der Waals surface area (Å²) in [7, 11) is 0. The lowest BCUT2D eigenvalue weighted by molar-refractivity contribution is 0.100. The van der Waals surface area contributed by atoms with Gasteiger partial charge in [-0.25, -0.2) is 0 Å². The Kier molecular flexibility index (Phi) is 3.13. The number of nitrogens with zero attached hydrogens (tertiary/aromatic N) is 2. The standard InChI is InChI=1S/C11H13N5O2/c1-6-15-9(18-16-6)5-14-8-4-2-3-7(10(8)12)11(13)17/h2-4,14H,5,12H2,1H3,(H2,13,17). The molecule has 1 amide bonds. The van der Waals surface area contributed by atoms with Crippen molar-refractivity contribution in [3.05, 3.63) is 35.5 Å². The first-order valence-electron chi connectivity index (χ1n) is 5.29. The Hall–Kier alpha value is -2.57. The summed E-state index contributed by atoms with van der Waals surface area (Å²) in [6.07, 6.45) is 0. The molecule has 5 N–H and O–H groups in total. The number of carbonyl (C=O) groups is 1. The number of rotatable bonds is 4. The molecule has 0 aliphatic carbocycles. The van der Waals surface area contributed by atoms with Crippen molar-refractivity contribution in [1.29, 1.82) is 0 Å². The maximum absolute atomic E-state index is 11.1. The Bertz CT molecular complexity index is 579. The largest absolute Gasteiger partial charge is 0.396 e. The van der Waals surface area contributed by atoms with E-state index in [4.69, 9.17) is 16.0 Å². The highest BCUT2D eigenvalue weighted by Gasteiger charge is 2.10. The van der Waals surface area contributed by atoms with E-state index in [-0.39, 0.29) is 5.56 Å². The van der Waals surface area contributed by atoms with Crippen LogP contribution < -0.4 is 16.8 Å². The van der Waals surface area contributed by atoms with E-state index in [1.54, 1.807) is 25.1 Å². The molecule has 0 fully saturated rings. The quantitative estimate of drug-likeness (QED) is 0.683. The highest BCUT2D eigenvalue weighted by molar-refractivity contribution is 6.00. The minimum absolute atomic E-state index is 0.279. The van der Waals surface area contributed by atoms with E-state index in [1.165, 1.54) is 0 Å². The molecule has 0 aliphatic heterocycles. The Morgan fingerprint density at radius 1 is 1.50 bits per heavy atom. The fraction of sp³-hybridized carbons (Fsp3) is 0.182. The van der Waals surface area contributed by atoms with Gasteiger partial charge < -0.3 is 21.3 Å². The molecule has 0 aliphatic rings. The van der Waals surface area contributed by atoms with Crippen molar-refractivity contribution in [3.8, 4) is 0 Å². The fourth-order valence-corrected chi connectivity index (χ4v) is 1.52. The molecule has 7 heteroatoms. The normalized spacial score (nSPS) is 10.3. The summed E-state index contributed by atoms with van der Waals surface area (Å²) in [6, 6.07) is 5.00. The second kappa shape index (κ2) is 4.74. The van der Waals surface area contributed by atoms with E-state index in [0.29, 0.717) is 29.6 Å². The van der Waals surface area contributed by atoms with Crippen LogP contribution >= 0.6 is 0 Å². The van der Waals surface area contributed by atoms with Gasteiger partial charge in [0.2, 0.25) is 5.89 Å². The molecule has 0 saturated heterocycles. The van der Waals surface area contributed by atoms with Gasteiger partial charge in [0.05, 0.1) is 23.5 Å². The van der Waals surface area contributed by atoms with Crippen LogP contribution in [0.15, 0.2) is 22.7 Å². The molecule has 7 nitrogen and oxygen atoms in total. The van der Waals surface area contributed by atoms with E-state index in [1.807, 2.05) is 0 Å². The lowest BCUT2D eigenvalue weighted by Gasteiger charge is -2.09. The van der Waals surface area contributed by atoms with Crippen LogP contribution in [0.1, 0.15) is 22.1 Å². The maximum Gasteiger partial charge on any atom is 0.250 e. The number of aryl methyl sites for hydroxylation is 1. The number of anilines is 2. The van der Waals surface area contributed by atoms with Gasteiger partial charge in [-0.15, -0.1) is 0 Å². The van der Waals surface area contributed by atoms with Crippen molar-refractivity contribution in [1.82, 2.24) is 10.1 Å². The Morgan fingerprint density at radius 2 is 2.28 bits per heavy atom. The van der Waals surface area contributed by atoms with E-state index >= 15 is 0 Å². The third kappa shape index (κ3) is 2.40. The third-order valence-electron chi connectivity index (χ3n) is 2.37. The number of aromatic nitrogens is 2. The Labute approximate surface area is 103 Å². The predicted molar refractivity (Wildman–Crippen MR) is 65.7 cm³/mol. The third-order valence-corrected chi connectivity index (χ3v) is 2.37. The number of primary amides is 1. The van der Waals surface area contributed by atoms with Crippen molar-refractivity contribution in [3.63, 3.8) is 0 Å². The second-order valence-electron chi connectivity index (χ2n) is 3.72. The SMILES string of the molecule is Cc1noc(CNc2cccc(C(N)=O)c2N)n1. The van der Waals surface area contributed by atoms with Crippen molar-refractivity contribution in [2.75, 3.05) is 11.1 Å². The average molecular weight is 247 g/mol. The molecule has 0 bridgehead atoms. The van der Waals surface area contributed by atoms with Gasteiger partial charge in [-0.05, 0) is 19.1 Å². The first-order valence-corrected chi connectivity index (χ1v) is 5.29. The van der Waals surface area contributed by atoms with Gasteiger partial charge in [-0.2, -0.15) is 4.98 Å². The summed E-state index contributed by atoms with van der Waals surface area (Å²) < 4.78 is 4.95. The minimum Gasteiger partial charge on any atom is -0.396 e. The van der Waals surface area contributed by atoms with Crippen LogP contribution in [0.25, 0.3) is 0 Å². The Balaban J connectivity index is 2.14. The van der Waals surface area contributed by atoms with E-state index in [2.05, 4.69) is 15.5 Å². The first-order chi connectivity index (χ1) is 8.58. The number of benzene rings is 1. The van der Waals surface area contributed by atoms with Crippen LogP contribution in [-0.2, 0) is 6.54 Å². The topological polar surface area (TPSA) is 120 Å². The number of nitrogens with one attached hydrogen (secondary N) is 1. The van der Waals surface area contributed by atoms with Gasteiger partial charge in [0, 0.05) is 0 Å². The number of nitrogens with two attached hydrogens (primary N) is 2. The van der Waals surface area contributed by atoms with Crippen LogP contribution in [0.2, 0.25) is 0 Å². The van der Waals surface area contributed by atoms with E-state index in [9.17, 15) is 4.79 Å². The molecule has 0 spiro atoms. The van der Waals surface area contributed by atoms with Crippen molar-refractivity contribution < 1.29 is 9.32 Å². The van der Waals surface area contributed by atoms with E-state index in [0.717, 1.165) is 0 Å². The average Bonchev–Trinajstić information content (AvgIpc) is 2.73. The van der Waals surface area contributed by atoms with Gasteiger partial charge in [0.1, 0.15) is 0 Å². The number of carbonyl (C=O) groups excluding carboxylic acids is 1. The fourth-order valence-electron chi connectivity index (χ4n) is 1.52.